The Morgan fingerprint density at radius 3 is 3.25 bits per heavy atom. The van der Waals surface area contributed by atoms with Crippen molar-refractivity contribution >= 4 is 23.4 Å². The molecule has 0 radical (unpaired) electrons. The SMILES string of the molecule is N#CCCNC1CCSc2ccc(Cl)cc21. The largest absolute Gasteiger partial charge is 0.309 e. The van der Waals surface area contributed by atoms with Crippen LogP contribution in [-0.4, -0.2) is 12.3 Å². The van der Waals surface area contributed by atoms with E-state index >= 15 is 0 Å². The van der Waals surface area contributed by atoms with Gasteiger partial charge in [0.2, 0.25) is 0 Å². The minimum atomic E-state index is 0.350. The maximum atomic E-state index is 8.52. The molecule has 1 aromatic rings. The number of halogens is 1. The van der Waals surface area contributed by atoms with E-state index in [1.807, 2.05) is 23.9 Å². The van der Waals surface area contributed by atoms with Crippen molar-refractivity contribution in [2.24, 2.45) is 0 Å². The van der Waals surface area contributed by atoms with Crippen molar-refractivity contribution in [1.82, 2.24) is 5.32 Å². The zero-order chi connectivity index (χ0) is 11.4. The molecule has 0 aromatic heterocycles. The van der Waals surface area contributed by atoms with Crippen LogP contribution in [0.2, 0.25) is 5.02 Å². The lowest BCUT2D eigenvalue weighted by Crippen LogP contribution is -2.25. The highest BCUT2D eigenvalue weighted by Crippen LogP contribution is 2.37. The Kier molecular flexibility index (Phi) is 4.11. The van der Waals surface area contributed by atoms with Crippen molar-refractivity contribution in [3.63, 3.8) is 0 Å². The molecule has 2 nitrogen and oxygen atoms in total. The van der Waals surface area contributed by atoms with Gasteiger partial charge in [0.05, 0.1) is 6.07 Å². The minimum Gasteiger partial charge on any atom is -0.309 e. The van der Waals surface area contributed by atoms with Crippen LogP contribution in [0.4, 0.5) is 0 Å². The molecule has 4 heteroatoms. The molecule has 1 unspecified atom stereocenters. The molecule has 1 aliphatic heterocycles. The summed E-state index contributed by atoms with van der Waals surface area (Å²) in [6.45, 7) is 0.748. The molecule has 0 fully saturated rings. The normalized spacial score (nSPS) is 18.9. The van der Waals surface area contributed by atoms with Crippen LogP contribution in [0.3, 0.4) is 0 Å². The summed E-state index contributed by atoms with van der Waals surface area (Å²) in [7, 11) is 0. The first-order chi connectivity index (χ1) is 7.81. The molecule has 0 amide bonds. The Morgan fingerprint density at radius 1 is 1.56 bits per heavy atom. The molecule has 1 aliphatic rings. The third-order valence-electron chi connectivity index (χ3n) is 2.64. The summed E-state index contributed by atoms with van der Waals surface area (Å²) in [5.74, 6) is 1.12. The summed E-state index contributed by atoms with van der Waals surface area (Å²) in [6, 6.07) is 8.55. The van der Waals surface area contributed by atoms with E-state index in [9.17, 15) is 0 Å². The summed E-state index contributed by atoms with van der Waals surface area (Å²) in [4.78, 5) is 1.31. The van der Waals surface area contributed by atoms with E-state index in [0.717, 1.165) is 23.7 Å². The van der Waals surface area contributed by atoms with E-state index < -0.39 is 0 Å². The molecule has 0 saturated heterocycles. The average Bonchev–Trinajstić information content (AvgIpc) is 2.30. The van der Waals surface area contributed by atoms with Gasteiger partial charge in [0.25, 0.3) is 0 Å². The first-order valence-electron chi connectivity index (χ1n) is 5.34. The van der Waals surface area contributed by atoms with E-state index in [1.165, 1.54) is 10.5 Å². The molecule has 1 N–H and O–H groups in total. The van der Waals surface area contributed by atoms with Crippen LogP contribution in [0.15, 0.2) is 23.1 Å². The second-order valence-electron chi connectivity index (χ2n) is 3.73. The van der Waals surface area contributed by atoms with E-state index in [-0.39, 0.29) is 0 Å². The van der Waals surface area contributed by atoms with Gasteiger partial charge in [0.15, 0.2) is 0 Å². The number of benzene rings is 1. The average molecular weight is 253 g/mol. The molecule has 0 spiro atoms. The predicted octanol–water partition coefficient (Wildman–Crippen LogP) is 3.38. The van der Waals surface area contributed by atoms with E-state index in [2.05, 4.69) is 17.5 Å². The molecule has 84 valence electrons. The lowest BCUT2D eigenvalue weighted by molar-refractivity contribution is 0.518. The summed E-state index contributed by atoms with van der Waals surface area (Å²) in [6.07, 6.45) is 1.66. The molecule has 16 heavy (non-hydrogen) atoms. The fraction of sp³-hybridized carbons (Fsp3) is 0.417. The third kappa shape index (κ3) is 2.70. The number of nitrogens with one attached hydrogen (secondary N) is 1. The number of nitriles is 1. The van der Waals surface area contributed by atoms with Crippen LogP contribution in [-0.2, 0) is 0 Å². The van der Waals surface area contributed by atoms with Gasteiger partial charge in [-0.2, -0.15) is 5.26 Å². The lowest BCUT2D eigenvalue weighted by Gasteiger charge is -2.26. The van der Waals surface area contributed by atoms with Crippen LogP contribution in [0, 0.1) is 11.3 Å². The van der Waals surface area contributed by atoms with Crippen LogP contribution < -0.4 is 5.32 Å². The fourth-order valence-corrected chi connectivity index (χ4v) is 3.17. The van der Waals surface area contributed by atoms with Crippen LogP contribution in [0.1, 0.15) is 24.4 Å². The molecule has 0 aliphatic carbocycles. The van der Waals surface area contributed by atoms with Gasteiger partial charge in [0, 0.05) is 28.9 Å². The molecule has 1 aromatic carbocycles. The van der Waals surface area contributed by atoms with E-state index in [4.69, 9.17) is 16.9 Å². The first kappa shape index (κ1) is 11.8. The fourth-order valence-electron chi connectivity index (χ4n) is 1.88. The highest BCUT2D eigenvalue weighted by atomic mass is 35.5. The van der Waals surface area contributed by atoms with Crippen LogP contribution >= 0.6 is 23.4 Å². The summed E-state index contributed by atoms with van der Waals surface area (Å²) < 4.78 is 0. The van der Waals surface area contributed by atoms with Gasteiger partial charge in [-0.1, -0.05) is 11.6 Å². The van der Waals surface area contributed by atoms with Crippen molar-refractivity contribution in [2.45, 2.75) is 23.8 Å². The second-order valence-corrected chi connectivity index (χ2v) is 5.31. The Morgan fingerprint density at radius 2 is 2.44 bits per heavy atom. The number of hydrogen-bond acceptors (Lipinski definition) is 3. The van der Waals surface area contributed by atoms with Crippen LogP contribution in [0.25, 0.3) is 0 Å². The third-order valence-corrected chi connectivity index (χ3v) is 4.00. The Balaban J connectivity index is 2.12. The molecular weight excluding hydrogens is 240 g/mol. The van der Waals surface area contributed by atoms with Gasteiger partial charge >= 0.3 is 0 Å². The number of nitrogens with zero attached hydrogens (tertiary/aromatic N) is 1. The topological polar surface area (TPSA) is 35.8 Å². The van der Waals surface area contributed by atoms with Crippen molar-refractivity contribution in [2.75, 3.05) is 12.3 Å². The van der Waals surface area contributed by atoms with Gasteiger partial charge in [-0.3, -0.25) is 0 Å². The van der Waals surface area contributed by atoms with E-state index in [0.29, 0.717) is 12.5 Å². The molecule has 1 heterocycles. The number of hydrogen-bond donors (Lipinski definition) is 1. The molecule has 2 rings (SSSR count). The molecular formula is C12H13ClN2S. The van der Waals surface area contributed by atoms with Crippen molar-refractivity contribution in [3.8, 4) is 6.07 Å². The Labute approximate surface area is 105 Å². The predicted molar refractivity (Wildman–Crippen MR) is 67.8 cm³/mol. The Hall–Kier alpha value is -0.690. The monoisotopic (exact) mass is 252 g/mol. The highest BCUT2D eigenvalue weighted by molar-refractivity contribution is 7.99. The number of fused-ring (bicyclic) bond motifs is 1. The standard InChI is InChI=1S/C12H13ClN2S/c13-9-2-3-12-10(8-9)11(4-7-16-12)15-6-1-5-14/h2-3,8,11,15H,1,4,6-7H2. The quantitative estimate of drug-likeness (QED) is 0.838. The highest BCUT2D eigenvalue weighted by Gasteiger charge is 2.20. The van der Waals surface area contributed by atoms with Gasteiger partial charge < -0.3 is 5.32 Å². The Bertz CT molecular complexity index is 414. The second kappa shape index (κ2) is 5.58. The zero-order valence-corrected chi connectivity index (χ0v) is 10.4. The van der Waals surface area contributed by atoms with Gasteiger partial charge in [-0.15, -0.1) is 11.8 Å². The van der Waals surface area contributed by atoms with Gasteiger partial charge in [-0.25, -0.2) is 0 Å². The van der Waals surface area contributed by atoms with Crippen molar-refractivity contribution in [1.29, 1.82) is 5.26 Å². The minimum absolute atomic E-state index is 0.350. The number of thioether (sulfide) groups is 1. The summed E-state index contributed by atoms with van der Waals surface area (Å²) in [5.41, 5.74) is 1.28. The van der Waals surface area contributed by atoms with Gasteiger partial charge in [0.1, 0.15) is 0 Å². The number of rotatable bonds is 3. The maximum Gasteiger partial charge on any atom is 0.0635 e. The van der Waals surface area contributed by atoms with E-state index in [1.54, 1.807) is 0 Å². The molecule has 0 bridgehead atoms. The summed E-state index contributed by atoms with van der Waals surface area (Å²) >= 11 is 7.89. The zero-order valence-electron chi connectivity index (χ0n) is 8.87. The smallest absolute Gasteiger partial charge is 0.0635 e. The van der Waals surface area contributed by atoms with Crippen molar-refractivity contribution in [3.05, 3.63) is 28.8 Å². The molecule has 1 atom stereocenters. The lowest BCUT2D eigenvalue weighted by atomic mass is 10.0. The van der Waals surface area contributed by atoms with Crippen molar-refractivity contribution < 1.29 is 0 Å². The molecule has 0 saturated carbocycles. The van der Waals surface area contributed by atoms with Gasteiger partial charge in [-0.05, 0) is 35.9 Å². The first-order valence-corrected chi connectivity index (χ1v) is 6.70. The van der Waals surface area contributed by atoms with Crippen LogP contribution in [0.5, 0.6) is 0 Å². The summed E-state index contributed by atoms with van der Waals surface area (Å²) in [5, 5.41) is 12.7. The maximum absolute atomic E-state index is 8.52.